The number of unbranched alkanes of at least 4 members (excludes halogenated alkanes) is 1. The first-order chi connectivity index (χ1) is 13.6. The van der Waals surface area contributed by atoms with Gasteiger partial charge >= 0.3 is 0 Å². The number of hydrogen-bond donors (Lipinski definition) is 1. The van der Waals surface area contributed by atoms with Crippen LogP contribution in [0.3, 0.4) is 0 Å². The summed E-state index contributed by atoms with van der Waals surface area (Å²) in [6, 6.07) is 11.8. The number of anilines is 1. The number of benzene rings is 2. The number of hydrogen-bond acceptors (Lipinski definition) is 3. The second kappa shape index (κ2) is 11.5. The summed E-state index contributed by atoms with van der Waals surface area (Å²) in [4.78, 5) is 13.0. The number of aryl methyl sites for hydroxylation is 2. The van der Waals surface area contributed by atoms with Crippen molar-refractivity contribution in [3.63, 3.8) is 0 Å². The van der Waals surface area contributed by atoms with E-state index in [2.05, 4.69) is 44.3 Å². The Hall–Kier alpha value is -2.33. The van der Waals surface area contributed by atoms with Gasteiger partial charge in [-0.25, -0.2) is 0 Å². The lowest BCUT2D eigenvalue weighted by atomic mass is 10.0. The zero-order valence-corrected chi connectivity index (χ0v) is 17.6. The molecule has 0 aliphatic carbocycles. The second-order valence-electron chi connectivity index (χ2n) is 6.77. The van der Waals surface area contributed by atoms with E-state index in [-0.39, 0.29) is 5.91 Å². The Morgan fingerprint density at radius 2 is 1.68 bits per heavy atom. The topological polar surface area (TPSA) is 47.6 Å². The highest BCUT2D eigenvalue weighted by molar-refractivity contribution is 6.05. The summed E-state index contributed by atoms with van der Waals surface area (Å²) < 4.78 is 11.5. The third-order valence-electron chi connectivity index (χ3n) is 4.76. The van der Waals surface area contributed by atoms with Crippen LogP contribution in [-0.2, 0) is 24.2 Å². The van der Waals surface area contributed by atoms with Crippen LogP contribution in [0.1, 0.15) is 67.6 Å². The van der Waals surface area contributed by atoms with E-state index in [0.29, 0.717) is 25.4 Å². The van der Waals surface area contributed by atoms with Crippen molar-refractivity contribution in [1.29, 1.82) is 0 Å². The third-order valence-corrected chi connectivity index (χ3v) is 4.76. The molecule has 0 fully saturated rings. The third kappa shape index (κ3) is 5.83. The van der Waals surface area contributed by atoms with Crippen LogP contribution in [-0.4, -0.2) is 19.1 Å². The maximum Gasteiger partial charge on any atom is 0.255 e. The van der Waals surface area contributed by atoms with E-state index >= 15 is 0 Å². The number of ether oxygens (including phenoxy) is 2. The molecule has 0 aromatic heterocycles. The van der Waals surface area contributed by atoms with E-state index in [1.54, 1.807) is 0 Å². The quantitative estimate of drug-likeness (QED) is 0.500. The van der Waals surface area contributed by atoms with Gasteiger partial charge in [-0.3, -0.25) is 4.79 Å². The maximum atomic E-state index is 13.0. The molecule has 2 aromatic carbocycles. The van der Waals surface area contributed by atoms with Crippen LogP contribution >= 0.6 is 0 Å². The van der Waals surface area contributed by atoms with E-state index in [4.69, 9.17) is 9.47 Å². The molecule has 28 heavy (non-hydrogen) atoms. The van der Waals surface area contributed by atoms with Crippen LogP contribution in [0.15, 0.2) is 36.4 Å². The van der Waals surface area contributed by atoms with Crippen LogP contribution in [0, 0.1) is 0 Å². The Labute approximate surface area is 169 Å². The molecule has 0 aliphatic rings. The fourth-order valence-electron chi connectivity index (χ4n) is 3.15. The van der Waals surface area contributed by atoms with Crippen molar-refractivity contribution in [2.45, 2.75) is 60.0 Å². The fourth-order valence-corrected chi connectivity index (χ4v) is 3.15. The van der Waals surface area contributed by atoms with Gasteiger partial charge in [-0.1, -0.05) is 45.4 Å². The minimum absolute atomic E-state index is 0.103. The summed E-state index contributed by atoms with van der Waals surface area (Å²) in [6.07, 6.45) is 3.88. The summed E-state index contributed by atoms with van der Waals surface area (Å²) in [5.74, 6) is 0.673. The van der Waals surface area contributed by atoms with Gasteiger partial charge in [0, 0.05) is 23.4 Å². The Morgan fingerprint density at radius 1 is 0.964 bits per heavy atom. The summed E-state index contributed by atoms with van der Waals surface area (Å²) in [5.41, 5.74) is 4.77. The van der Waals surface area contributed by atoms with Gasteiger partial charge < -0.3 is 14.8 Å². The molecule has 0 unspecified atom stereocenters. The molecule has 0 saturated heterocycles. The normalized spacial score (nSPS) is 10.7. The maximum absolute atomic E-state index is 13.0. The monoisotopic (exact) mass is 383 g/mol. The largest absolute Gasteiger partial charge is 0.494 e. The summed E-state index contributed by atoms with van der Waals surface area (Å²) >= 11 is 0. The predicted octanol–water partition coefficient (Wildman–Crippen LogP) is 5.78. The van der Waals surface area contributed by atoms with Gasteiger partial charge in [0.15, 0.2) is 0 Å². The predicted molar refractivity (Wildman–Crippen MR) is 115 cm³/mol. The van der Waals surface area contributed by atoms with Crippen molar-refractivity contribution in [3.8, 4) is 5.75 Å². The highest BCUT2D eigenvalue weighted by Crippen LogP contribution is 2.25. The highest BCUT2D eigenvalue weighted by atomic mass is 16.5. The molecule has 1 amide bonds. The van der Waals surface area contributed by atoms with Gasteiger partial charge in [-0.2, -0.15) is 0 Å². The van der Waals surface area contributed by atoms with E-state index < -0.39 is 0 Å². The highest BCUT2D eigenvalue weighted by Gasteiger charge is 2.14. The molecule has 0 spiro atoms. The molecule has 0 aliphatic heterocycles. The van der Waals surface area contributed by atoms with Gasteiger partial charge in [-0.05, 0) is 55.5 Å². The first-order valence-electron chi connectivity index (χ1n) is 10.4. The second-order valence-corrected chi connectivity index (χ2v) is 6.77. The lowest BCUT2D eigenvalue weighted by Crippen LogP contribution is -2.15. The van der Waals surface area contributed by atoms with Gasteiger partial charge in [0.2, 0.25) is 0 Å². The molecule has 0 atom stereocenters. The Kier molecular flexibility index (Phi) is 9.02. The molecule has 0 bridgehead atoms. The average molecular weight is 384 g/mol. The van der Waals surface area contributed by atoms with Crippen LogP contribution in [0.2, 0.25) is 0 Å². The van der Waals surface area contributed by atoms with Crippen LogP contribution in [0.4, 0.5) is 5.69 Å². The van der Waals surface area contributed by atoms with Gasteiger partial charge in [0.05, 0.1) is 13.2 Å². The molecule has 0 heterocycles. The van der Waals surface area contributed by atoms with Gasteiger partial charge in [0.1, 0.15) is 5.75 Å². The van der Waals surface area contributed by atoms with E-state index in [1.807, 2.05) is 25.1 Å². The van der Waals surface area contributed by atoms with Crippen molar-refractivity contribution in [3.05, 3.63) is 58.7 Å². The van der Waals surface area contributed by atoms with Crippen LogP contribution in [0.5, 0.6) is 5.75 Å². The SMILES string of the molecule is CCCCOCc1cc(C(=O)Nc2c(CC)cccc2CC)ccc1OCC. The van der Waals surface area contributed by atoms with Gasteiger partial charge in [0.25, 0.3) is 5.91 Å². The molecule has 2 rings (SSSR count). The first-order valence-corrected chi connectivity index (χ1v) is 10.4. The molecular formula is C24H33NO3. The molecule has 1 N–H and O–H groups in total. The number of rotatable bonds is 11. The number of nitrogens with one attached hydrogen (secondary N) is 1. The smallest absolute Gasteiger partial charge is 0.255 e. The van der Waals surface area contributed by atoms with E-state index in [1.165, 1.54) is 0 Å². The van der Waals surface area contributed by atoms with Crippen molar-refractivity contribution in [1.82, 2.24) is 0 Å². The standard InChI is InChI=1S/C24H33NO3/c1-5-9-15-27-17-21-16-20(13-14-22(21)28-8-4)24(26)25-23-18(6-2)11-10-12-19(23)7-3/h10-14,16H,5-9,15,17H2,1-4H3,(H,25,26). The number of amides is 1. The number of para-hydroxylation sites is 1. The first kappa shape index (κ1) is 22.0. The lowest BCUT2D eigenvalue weighted by Gasteiger charge is -2.16. The van der Waals surface area contributed by atoms with Crippen molar-refractivity contribution >= 4 is 11.6 Å². The van der Waals surface area contributed by atoms with E-state index in [0.717, 1.165) is 53.8 Å². The Bertz CT molecular complexity index is 748. The Balaban J connectivity index is 2.23. The van der Waals surface area contributed by atoms with Crippen LogP contribution < -0.4 is 10.1 Å². The molecule has 2 aromatic rings. The number of carbonyl (C=O) groups is 1. The van der Waals surface area contributed by atoms with Crippen molar-refractivity contribution in [2.75, 3.05) is 18.5 Å². The summed E-state index contributed by atoms with van der Waals surface area (Å²) in [6.45, 7) is 10.0. The minimum atomic E-state index is -0.103. The fraction of sp³-hybridized carbons (Fsp3) is 0.458. The zero-order valence-electron chi connectivity index (χ0n) is 17.6. The van der Waals surface area contributed by atoms with Crippen LogP contribution in [0.25, 0.3) is 0 Å². The molecule has 0 saturated carbocycles. The molecule has 4 heteroatoms. The molecular weight excluding hydrogens is 350 g/mol. The molecule has 152 valence electrons. The summed E-state index contributed by atoms with van der Waals surface area (Å²) in [5, 5.41) is 3.13. The summed E-state index contributed by atoms with van der Waals surface area (Å²) in [7, 11) is 0. The average Bonchev–Trinajstić information content (AvgIpc) is 2.72. The molecule has 0 radical (unpaired) electrons. The van der Waals surface area contributed by atoms with Crippen molar-refractivity contribution in [2.24, 2.45) is 0 Å². The van der Waals surface area contributed by atoms with Crippen molar-refractivity contribution < 1.29 is 14.3 Å². The van der Waals surface area contributed by atoms with E-state index in [9.17, 15) is 4.79 Å². The minimum Gasteiger partial charge on any atom is -0.494 e. The lowest BCUT2D eigenvalue weighted by molar-refractivity contribution is 0.102. The number of carbonyl (C=O) groups excluding carboxylic acids is 1. The zero-order chi connectivity index (χ0) is 20.4. The Morgan fingerprint density at radius 3 is 2.29 bits per heavy atom. The van der Waals surface area contributed by atoms with Gasteiger partial charge in [-0.15, -0.1) is 0 Å². The molecule has 4 nitrogen and oxygen atoms in total.